The lowest BCUT2D eigenvalue weighted by atomic mass is 9.86. The largest absolute Gasteiger partial charge is 0.469 e. The van der Waals surface area contributed by atoms with Gasteiger partial charge < -0.3 is 20.5 Å². The molecule has 3 N–H and O–H groups in total. The number of esters is 1. The maximum atomic E-state index is 11.9. The van der Waals surface area contributed by atoms with E-state index in [1.807, 2.05) is 0 Å². The molecular formula is C12H23ClN2O4. The average Bonchev–Trinajstić information content (AvgIpc) is 2.38. The molecule has 0 saturated carbocycles. The van der Waals surface area contributed by atoms with Crippen molar-refractivity contribution >= 4 is 24.3 Å². The molecular weight excluding hydrogens is 272 g/mol. The van der Waals surface area contributed by atoms with E-state index in [0.29, 0.717) is 26.1 Å². The van der Waals surface area contributed by atoms with Gasteiger partial charge in [0.25, 0.3) is 0 Å². The van der Waals surface area contributed by atoms with E-state index in [-0.39, 0.29) is 43.2 Å². The van der Waals surface area contributed by atoms with Gasteiger partial charge in [0.15, 0.2) is 0 Å². The Morgan fingerprint density at radius 3 is 2.47 bits per heavy atom. The molecule has 1 atom stereocenters. The summed E-state index contributed by atoms with van der Waals surface area (Å²) in [6.45, 7) is 3.12. The van der Waals surface area contributed by atoms with Gasteiger partial charge in [-0.2, -0.15) is 0 Å². The van der Waals surface area contributed by atoms with E-state index in [0.717, 1.165) is 0 Å². The molecule has 0 aliphatic carbocycles. The van der Waals surface area contributed by atoms with Crippen molar-refractivity contribution in [1.82, 2.24) is 5.32 Å². The third kappa shape index (κ3) is 5.34. The number of amides is 1. The summed E-state index contributed by atoms with van der Waals surface area (Å²) in [5.74, 6) is -0.705. The van der Waals surface area contributed by atoms with Crippen LogP contribution in [0.2, 0.25) is 0 Å². The average molecular weight is 295 g/mol. The van der Waals surface area contributed by atoms with Crippen LogP contribution >= 0.6 is 12.4 Å². The molecule has 1 unspecified atom stereocenters. The molecule has 112 valence electrons. The molecule has 1 aliphatic rings. The number of hydrogen-bond acceptors (Lipinski definition) is 5. The first-order chi connectivity index (χ1) is 8.53. The molecule has 1 aliphatic heterocycles. The summed E-state index contributed by atoms with van der Waals surface area (Å²) in [6.07, 6.45) is 1.41. The highest BCUT2D eigenvalue weighted by molar-refractivity contribution is 5.85. The molecule has 19 heavy (non-hydrogen) atoms. The van der Waals surface area contributed by atoms with Crippen LogP contribution in [-0.2, 0) is 19.1 Å². The van der Waals surface area contributed by atoms with Crippen LogP contribution in [0.5, 0.6) is 0 Å². The van der Waals surface area contributed by atoms with Crippen molar-refractivity contribution in [2.24, 2.45) is 11.7 Å². The highest BCUT2D eigenvalue weighted by Crippen LogP contribution is 2.25. The molecule has 0 radical (unpaired) electrons. The van der Waals surface area contributed by atoms with Crippen LogP contribution in [0.4, 0.5) is 0 Å². The summed E-state index contributed by atoms with van der Waals surface area (Å²) < 4.78 is 9.97. The number of nitrogens with two attached hydrogens (primary N) is 1. The van der Waals surface area contributed by atoms with E-state index in [4.69, 9.17) is 15.2 Å². The van der Waals surface area contributed by atoms with Gasteiger partial charge in [0.1, 0.15) is 0 Å². The Balaban J connectivity index is 0.00000324. The summed E-state index contributed by atoms with van der Waals surface area (Å²) >= 11 is 0. The van der Waals surface area contributed by atoms with Gasteiger partial charge >= 0.3 is 5.97 Å². The quantitative estimate of drug-likeness (QED) is 0.709. The monoisotopic (exact) mass is 294 g/mol. The molecule has 1 heterocycles. The minimum absolute atomic E-state index is 0. The predicted octanol–water partition coefficient (Wildman–Crippen LogP) is 0.232. The third-order valence-corrected chi connectivity index (χ3v) is 3.35. The van der Waals surface area contributed by atoms with Crippen molar-refractivity contribution in [3.8, 4) is 0 Å². The van der Waals surface area contributed by atoms with Crippen LogP contribution in [-0.4, -0.2) is 44.3 Å². The van der Waals surface area contributed by atoms with Crippen LogP contribution in [0.3, 0.4) is 0 Å². The van der Waals surface area contributed by atoms with Crippen LogP contribution in [0.15, 0.2) is 0 Å². The Bertz CT molecular complexity index is 306. The van der Waals surface area contributed by atoms with E-state index < -0.39 is 5.54 Å². The van der Waals surface area contributed by atoms with Gasteiger partial charge in [0.2, 0.25) is 5.91 Å². The first-order valence-electron chi connectivity index (χ1n) is 6.19. The van der Waals surface area contributed by atoms with Gasteiger partial charge in [-0.3, -0.25) is 9.59 Å². The summed E-state index contributed by atoms with van der Waals surface area (Å²) in [7, 11) is 1.35. The van der Waals surface area contributed by atoms with Gasteiger partial charge in [-0.1, -0.05) is 6.92 Å². The zero-order valence-electron chi connectivity index (χ0n) is 11.4. The number of rotatable bonds is 5. The molecule has 6 nitrogen and oxygen atoms in total. The number of hydrogen-bond donors (Lipinski definition) is 2. The molecule has 1 amide bonds. The molecule has 1 rings (SSSR count). The van der Waals surface area contributed by atoms with Crippen molar-refractivity contribution in [3.05, 3.63) is 0 Å². The van der Waals surface area contributed by atoms with Crippen molar-refractivity contribution in [3.63, 3.8) is 0 Å². The van der Waals surface area contributed by atoms with Gasteiger partial charge in [-0.25, -0.2) is 0 Å². The molecule has 0 spiro atoms. The summed E-state index contributed by atoms with van der Waals surface area (Å²) in [6, 6.07) is 0. The Hall–Kier alpha value is -0.850. The Morgan fingerprint density at radius 2 is 2.00 bits per heavy atom. The Labute approximate surface area is 119 Å². The van der Waals surface area contributed by atoms with Crippen LogP contribution < -0.4 is 11.1 Å². The number of methoxy groups -OCH3 is 1. The van der Waals surface area contributed by atoms with Gasteiger partial charge in [0.05, 0.1) is 19.1 Å². The second-order valence-electron chi connectivity index (χ2n) is 4.77. The summed E-state index contributed by atoms with van der Waals surface area (Å²) in [4.78, 5) is 23.4. The van der Waals surface area contributed by atoms with E-state index >= 15 is 0 Å². The predicted molar refractivity (Wildman–Crippen MR) is 73.0 cm³/mol. The van der Waals surface area contributed by atoms with Crippen LogP contribution in [0, 0.1) is 5.92 Å². The number of carbonyl (C=O) groups is 2. The van der Waals surface area contributed by atoms with E-state index in [1.165, 1.54) is 7.11 Å². The lowest BCUT2D eigenvalue weighted by Crippen LogP contribution is -2.55. The SMILES string of the molecule is COC(=O)CC1(NC(=O)C(C)CN)CCOCC1.Cl. The molecule has 1 fully saturated rings. The molecule has 0 aromatic carbocycles. The van der Waals surface area contributed by atoms with Gasteiger partial charge in [-0.05, 0) is 12.8 Å². The molecule has 7 heteroatoms. The lowest BCUT2D eigenvalue weighted by molar-refractivity contribution is -0.144. The minimum atomic E-state index is -0.550. The van der Waals surface area contributed by atoms with E-state index in [2.05, 4.69) is 5.32 Å². The fourth-order valence-electron chi connectivity index (χ4n) is 1.95. The van der Waals surface area contributed by atoms with Gasteiger partial charge in [-0.15, -0.1) is 12.4 Å². The van der Waals surface area contributed by atoms with E-state index in [9.17, 15) is 9.59 Å². The van der Waals surface area contributed by atoms with Crippen molar-refractivity contribution in [2.75, 3.05) is 26.9 Å². The van der Waals surface area contributed by atoms with Crippen molar-refractivity contribution in [1.29, 1.82) is 0 Å². The van der Waals surface area contributed by atoms with Crippen LogP contribution in [0.25, 0.3) is 0 Å². The lowest BCUT2D eigenvalue weighted by Gasteiger charge is -2.37. The minimum Gasteiger partial charge on any atom is -0.469 e. The normalized spacial score (nSPS) is 18.9. The molecule has 0 aromatic heterocycles. The maximum Gasteiger partial charge on any atom is 0.307 e. The molecule has 0 bridgehead atoms. The topological polar surface area (TPSA) is 90.7 Å². The number of halogens is 1. The molecule has 1 saturated heterocycles. The Kier molecular flexibility index (Phi) is 7.97. The fraction of sp³-hybridized carbons (Fsp3) is 0.833. The zero-order chi connectivity index (χ0) is 13.6. The van der Waals surface area contributed by atoms with Crippen molar-refractivity contribution in [2.45, 2.75) is 31.7 Å². The smallest absolute Gasteiger partial charge is 0.307 e. The first-order valence-corrected chi connectivity index (χ1v) is 6.19. The third-order valence-electron chi connectivity index (χ3n) is 3.35. The van der Waals surface area contributed by atoms with Crippen LogP contribution in [0.1, 0.15) is 26.2 Å². The van der Waals surface area contributed by atoms with Gasteiger partial charge in [0, 0.05) is 25.7 Å². The number of nitrogens with one attached hydrogen (secondary N) is 1. The van der Waals surface area contributed by atoms with E-state index in [1.54, 1.807) is 6.92 Å². The summed E-state index contributed by atoms with van der Waals surface area (Å²) in [5.41, 5.74) is 4.92. The maximum absolute atomic E-state index is 11.9. The zero-order valence-corrected chi connectivity index (χ0v) is 12.3. The molecule has 0 aromatic rings. The number of ether oxygens (including phenoxy) is 2. The standard InChI is InChI=1S/C12H22N2O4.ClH/c1-9(8-13)11(16)14-12(7-10(15)17-2)3-5-18-6-4-12;/h9H,3-8,13H2,1-2H3,(H,14,16);1H. The second kappa shape index (κ2) is 8.35. The fourth-order valence-corrected chi connectivity index (χ4v) is 1.95. The Morgan fingerprint density at radius 1 is 1.42 bits per heavy atom. The first kappa shape index (κ1) is 18.1. The van der Waals surface area contributed by atoms with Crippen molar-refractivity contribution < 1.29 is 19.1 Å². The number of carbonyl (C=O) groups excluding carboxylic acids is 2. The highest BCUT2D eigenvalue weighted by Gasteiger charge is 2.37. The second-order valence-corrected chi connectivity index (χ2v) is 4.77. The highest BCUT2D eigenvalue weighted by atomic mass is 35.5. The summed E-state index contributed by atoms with van der Waals surface area (Å²) in [5, 5.41) is 2.95.